The first kappa shape index (κ1) is 12.8. The van der Waals surface area contributed by atoms with Crippen LogP contribution in [0.5, 0.6) is 0 Å². The Morgan fingerprint density at radius 1 is 1.24 bits per heavy atom. The molecule has 2 saturated heterocycles. The van der Waals surface area contributed by atoms with E-state index in [4.69, 9.17) is 14.2 Å². The zero-order chi connectivity index (χ0) is 12.1. The minimum absolute atomic E-state index is 0.0737. The average Bonchev–Trinajstić information content (AvgIpc) is 2.41. The van der Waals surface area contributed by atoms with Gasteiger partial charge in [-0.3, -0.25) is 4.79 Å². The molecule has 1 atom stereocenters. The van der Waals surface area contributed by atoms with E-state index in [2.05, 4.69) is 5.32 Å². The summed E-state index contributed by atoms with van der Waals surface area (Å²) in [5, 5.41) is 12.3. The standard InChI is InChI=1S/C11H19NO5/c13-8-11(1-3-15-4-2-11)12-10(14)9-7-16-5-6-17-9/h9,13H,1-8H2,(H,12,14). The maximum Gasteiger partial charge on any atom is 0.252 e. The van der Waals surface area contributed by atoms with Crippen molar-refractivity contribution in [2.45, 2.75) is 24.5 Å². The normalized spacial score (nSPS) is 28.6. The molecule has 1 unspecified atom stereocenters. The van der Waals surface area contributed by atoms with Gasteiger partial charge in [0.2, 0.25) is 0 Å². The van der Waals surface area contributed by atoms with E-state index >= 15 is 0 Å². The van der Waals surface area contributed by atoms with Crippen LogP contribution in [0.1, 0.15) is 12.8 Å². The van der Waals surface area contributed by atoms with Crippen molar-refractivity contribution in [1.82, 2.24) is 5.32 Å². The lowest BCUT2D eigenvalue weighted by atomic mass is 9.90. The predicted octanol–water partition coefficient (Wildman–Crippen LogP) is -0.940. The van der Waals surface area contributed by atoms with Gasteiger partial charge in [0.1, 0.15) is 0 Å². The fourth-order valence-corrected chi connectivity index (χ4v) is 2.07. The van der Waals surface area contributed by atoms with Gasteiger partial charge >= 0.3 is 0 Å². The zero-order valence-corrected chi connectivity index (χ0v) is 9.81. The van der Waals surface area contributed by atoms with E-state index < -0.39 is 11.6 Å². The van der Waals surface area contributed by atoms with Crippen LogP contribution in [-0.2, 0) is 19.0 Å². The Balaban J connectivity index is 1.90. The van der Waals surface area contributed by atoms with Crippen molar-refractivity contribution in [2.24, 2.45) is 0 Å². The third-order valence-corrected chi connectivity index (χ3v) is 3.25. The maximum absolute atomic E-state index is 12.0. The molecule has 98 valence electrons. The van der Waals surface area contributed by atoms with E-state index in [1.807, 2.05) is 0 Å². The summed E-state index contributed by atoms with van der Waals surface area (Å²) in [4.78, 5) is 12.0. The molecule has 1 amide bonds. The molecule has 2 aliphatic heterocycles. The molecular formula is C11H19NO5. The first-order valence-electron chi connectivity index (χ1n) is 5.96. The molecule has 0 bridgehead atoms. The first-order chi connectivity index (χ1) is 8.26. The Bertz CT molecular complexity index is 259. The Kier molecular flexibility index (Phi) is 4.33. The van der Waals surface area contributed by atoms with Gasteiger partial charge in [-0.25, -0.2) is 0 Å². The summed E-state index contributed by atoms with van der Waals surface area (Å²) in [5.74, 6) is -0.208. The van der Waals surface area contributed by atoms with Crippen molar-refractivity contribution in [3.63, 3.8) is 0 Å². The molecule has 0 aromatic carbocycles. The number of aliphatic hydroxyl groups excluding tert-OH is 1. The molecule has 0 aromatic rings. The van der Waals surface area contributed by atoms with Gasteiger partial charge in [-0.05, 0) is 12.8 Å². The van der Waals surface area contributed by atoms with E-state index in [9.17, 15) is 9.90 Å². The van der Waals surface area contributed by atoms with Crippen LogP contribution in [0.25, 0.3) is 0 Å². The van der Waals surface area contributed by atoms with Crippen molar-refractivity contribution in [3.05, 3.63) is 0 Å². The number of carbonyl (C=O) groups excluding carboxylic acids is 1. The number of rotatable bonds is 3. The molecule has 2 heterocycles. The highest BCUT2D eigenvalue weighted by molar-refractivity contribution is 5.81. The number of hydrogen-bond acceptors (Lipinski definition) is 5. The summed E-state index contributed by atoms with van der Waals surface area (Å²) in [6.07, 6.45) is 0.695. The van der Waals surface area contributed by atoms with Gasteiger partial charge in [-0.15, -0.1) is 0 Å². The van der Waals surface area contributed by atoms with E-state index in [0.29, 0.717) is 39.3 Å². The van der Waals surface area contributed by atoms with Crippen LogP contribution < -0.4 is 5.32 Å². The summed E-state index contributed by atoms with van der Waals surface area (Å²) < 4.78 is 15.7. The molecule has 2 N–H and O–H groups in total. The topological polar surface area (TPSA) is 77.0 Å². The van der Waals surface area contributed by atoms with Crippen molar-refractivity contribution in [1.29, 1.82) is 0 Å². The highest BCUT2D eigenvalue weighted by Crippen LogP contribution is 2.20. The third-order valence-electron chi connectivity index (χ3n) is 3.25. The monoisotopic (exact) mass is 245 g/mol. The number of hydrogen-bond donors (Lipinski definition) is 2. The molecule has 2 fully saturated rings. The molecule has 6 heteroatoms. The molecule has 0 radical (unpaired) electrons. The summed E-state index contributed by atoms with van der Waals surface area (Å²) in [6, 6.07) is 0. The molecule has 0 aliphatic carbocycles. The Labute approximate surface area is 100 Å². The Hall–Kier alpha value is -0.690. The fraction of sp³-hybridized carbons (Fsp3) is 0.909. The zero-order valence-electron chi connectivity index (χ0n) is 9.81. The molecule has 2 aliphatic rings. The van der Waals surface area contributed by atoms with Crippen LogP contribution in [-0.4, -0.2) is 62.3 Å². The quantitative estimate of drug-likeness (QED) is 0.671. The van der Waals surface area contributed by atoms with Crippen molar-refractivity contribution < 1.29 is 24.1 Å². The summed E-state index contributed by atoms with van der Waals surface area (Å²) in [6.45, 7) is 2.29. The van der Waals surface area contributed by atoms with Crippen LogP contribution in [0.2, 0.25) is 0 Å². The number of nitrogens with one attached hydrogen (secondary N) is 1. The van der Waals surface area contributed by atoms with Gasteiger partial charge in [0.15, 0.2) is 6.10 Å². The SMILES string of the molecule is O=C(NC1(CO)CCOCC1)C1COCCO1. The Morgan fingerprint density at radius 3 is 2.59 bits per heavy atom. The smallest absolute Gasteiger partial charge is 0.252 e. The van der Waals surface area contributed by atoms with E-state index in [1.54, 1.807) is 0 Å². The molecule has 0 saturated carbocycles. The number of aliphatic hydroxyl groups is 1. The summed E-state index contributed by atoms with van der Waals surface area (Å²) >= 11 is 0. The van der Waals surface area contributed by atoms with Gasteiger partial charge in [-0.2, -0.15) is 0 Å². The van der Waals surface area contributed by atoms with E-state index in [0.717, 1.165) is 0 Å². The van der Waals surface area contributed by atoms with Gasteiger partial charge in [-0.1, -0.05) is 0 Å². The predicted molar refractivity (Wildman–Crippen MR) is 58.6 cm³/mol. The van der Waals surface area contributed by atoms with Crippen LogP contribution in [0.3, 0.4) is 0 Å². The van der Waals surface area contributed by atoms with E-state index in [-0.39, 0.29) is 19.1 Å². The molecule has 0 spiro atoms. The summed E-state index contributed by atoms with van der Waals surface area (Å²) in [5.41, 5.74) is -0.559. The maximum atomic E-state index is 12.0. The van der Waals surface area contributed by atoms with Gasteiger partial charge in [0.05, 0.1) is 32.0 Å². The molecular weight excluding hydrogens is 226 g/mol. The minimum atomic E-state index is -0.560. The highest BCUT2D eigenvalue weighted by Gasteiger charge is 2.36. The lowest BCUT2D eigenvalue weighted by molar-refractivity contribution is -0.151. The first-order valence-corrected chi connectivity index (χ1v) is 5.96. The van der Waals surface area contributed by atoms with Gasteiger partial charge < -0.3 is 24.6 Å². The van der Waals surface area contributed by atoms with E-state index in [1.165, 1.54) is 0 Å². The highest BCUT2D eigenvalue weighted by atomic mass is 16.6. The van der Waals surface area contributed by atoms with Crippen molar-refractivity contribution in [2.75, 3.05) is 39.6 Å². The molecule has 0 aromatic heterocycles. The van der Waals surface area contributed by atoms with Crippen molar-refractivity contribution >= 4 is 5.91 Å². The second-order valence-electron chi connectivity index (χ2n) is 4.47. The van der Waals surface area contributed by atoms with Crippen molar-refractivity contribution in [3.8, 4) is 0 Å². The summed E-state index contributed by atoms with van der Waals surface area (Å²) in [7, 11) is 0. The van der Waals surface area contributed by atoms with Crippen LogP contribution in [0.15, 0.2) is 0 Å². The molecule has 17 heavy (non-hydrogen) atoms. The van der Waals surface area contributed by atoms with Crippen LogP contribution >= 0.6 is 0 Å². The second-order valence-corrected chi connectivity index (χ2v) is 4.47. The van der Waals surface area contributed by atoms with Gasteiger partial charge in [0.25, 0.3) is 5.91 Å². The lowest BCUT2D eigenvalue weighted by Gasteiger charge is -2.37. The van der Waals surface area contributed by atoms with Crippen LogP contribution in [0.4, 0.5) is 0 Å². The number of ether oxygens (including phenoxy) is 3. The number of amides is 1. The fourth-order valence-electron chi connectivity index (χ4n) is 2.07. The van der Waals surface area contributed by atoms with Gasteiger partial charge in [0, 0.05) is 13.2 Å². The second kappa shape index (κ2) is 5.77. The minimum Gasteiger partial charge on any atom is -0.394 e. The average molecular weight is 245 g/mol. The number of carbonyl (C=O) groups is 1. The Morgan fingerprint density at radius 2 is 2.00 bits per heavy atom. The largest absolute Gasteiger partial charge is 0.394 e. The molecule has 6 nitrogen and oxygen atoms in total. The molecule has 2 rings (SSSR count). The third kappa shape index (κ3) is 3.16. The van der Waals surface area contributed by atoms with Crippen LogP contribution in [0, 0.1) is 0 Å². The lowest BCUT2D eigenvalue weighted by Crippen LogP contribution is -2.58.